The minimum absolute atomic E-state index is 0.503. The molecular weight excluding hydrogens is 242 g/mol. The van der Waals surface area contributed by atoms with Crippen LogP contribution in [0.1, 0.15) is 18.3 Å². The highest BCUT2D eigenvalue weighted by Crippen LogP contribution is 2.22. The highest BCUT2D eigenvalue weighted by atomic mass is 15.4. The van der Waals surface area contributed by atoms with Gasteiger partial charge in [-0.05, 0) is 12.5 Å². The highest BCUT2D eigenvalue weighted by molar-refractivity contribution is 5.77. The zero-order valence-electron chi connectivity index (χ0n) is 11.3. The summed E-state index contributed by atoms with van der Waals surface area (Å²) in [5.74, 6) is 0.503. The lowest BCUT2D eigenvalue weighted by atomic mass is 10.3. The monoisotopic (exact) mass is 259 g/mol. The Bertz CT molecular complexity index is 731. The molecule has 3 rings (SSSR count). The third-order valence-corrected chi connectivity index (χ3v) is 3.24. The lowest BCUT2D eigenvalue weighted by molar-refractivity contribution is 0.691. The van der Waals surface area contributed by atoms with E-state index in [0.717, 1.165) is 29.0 Å². The van der Waals surface area contributed by atoms with Crippen molar-refractivity contribution in [3.05, 3.63) is 23.7 Å². The van der Waals surface area contributed by atoms with Crippen molar-refractivity contribution in [3.8, 4) is 0 Å². The van der Waals surface area contributed by atoms with Crippen LogP contribution in [0, 0.1) is 0 Å². The SMILES string of the molecule is CCc1nn(C)c2c1nc(N)n2Cc1ccn(C)n1. The molecule has 0 aliphatic heterocycles. The molecule has 3 aromatic heterocycles. The number of rotatable bonds is 3. The standard InChI is InChI=1S/C12H17N7/c1-4-9-10-11(18(3)16-9)19(12(13)14-10)7-8-5-6-17(2)15-8/h5-6H,4,7H2,1-3H3,(H2,13,14). The van der Waals surface area contributed by atoms with Crippen LogP contribution in [0.5, 0.6) is 0 Å². The molecule has 0 aliphatic carbocycles. The van der Waals surface area contributed by atoms with Gasteiger partial charge in [-0.3, -0.25) is 13.9 Å². The Labute approximate surface area is 110 Å². The van der Waals surface area contributed by atoms with Gasteiger partial charge >= 0.3 is 0 Å². The summed E-state index contributed by atoms with van der Waals surface area (Å²) in [5.41, 5.74) is 9.78. The number of anilines is 1. The van der Waals surface area contributed by atoms with Gasteiger partial charge in [-0.15, -0.1) is 0 Å². The zero-order valence-corrected chi connectivity index (χ0v) is 11.3. The summed E-state index contributed by atoms with van der Waals surface area (Å²) in [5, 5.41) is 8.84. The highest BCUT2D eigenvalue weighted by Gasteiger charge is 2.17. The summed E-state index contributed by atoms with van der Waals surface area (Å²) in [6.45, 7) is 2.67. The van der Waals surface area contributed by atoms with Crippen molar-refractivity contribution in [1.82, 2.24) is 29.1 Å². The number of hydrogen-bond donors (Lipinski definition) is 1. The Morgan fingerprint density at radius 1 is 1.26 bits per heavy atom. The van der Waals surface area contributed by atoms with Crippen LogP contribution in [-0.2, 0) is 27.1 Å². The van der Waals surface area contributed by atoms with Crippen molar-refractivity contribution in [2.24, 2.45) is 14.1 Å². The molecule has 3 heterocycles. The molecule has 0 amide bonds. The van der Waals surface area contributed by atoms with E-state index >= 15 is 0 Å². The van der Waals surface area contributed by atoms with Gasteiger partial charge in [-0.25, -0.2) is 4.98 Å². The molecule has 0 aromatic carbocycles. The van der Waals surface area contributed by atoms with E-state index < -0.39 is 0 Å². The third kappa shape index (κ3) is 1.78. The van der Waals surface area contributed by atoms with Gasteiger partial charge in [-0.2, -0.15) is 10.2 Å². The molecule has 0 atom stereocenters. The predicted molar refractivity (Wildman–Crippen MR) is 72.6 cm³/mol. The van der Waals surface area contributed by atoms with Crippen LogP contribution in [0.15, 0.2) is 12.3 Å². The molecule has 0 spiro atoms. The molecule has 19 heavy (non-hydrogen) atoms. The first-order chi connectivity index (χ1) is 9.10. The number of imidazole rings is 1. The van der Waals surface area contributed by atoms with E-state index in [0.29, 0.717) is 12.5 Å². The van der Waals surface area contributed by atoms with Gasteiger partial charge < -0.3 is 5.73 Å². The Balaban J connectivity index is 2.12. The van der Waals surface area contributed by atoms with Crippen LogP contribution in [-0.4, -0.2) is 29.1 Å². The molecule has 0 saturated heterocycles. The number of nitrogens with zero attached hydrogens (tertiary/aromatic N) is 6. The van der Waals surface area contributed by atoms with Gasteiger partial charge in [0.25, 0.3) is 0 Å². The van der Waals surface area contributed by atoms with E-state index in [4.69, 9.17) is 5.73 Å². The normalized spacial score (nSPS) is 11.5. The Kier molecular flexibility index (Phi) is 2.55. The maximum absolute atomic E-state index is 6.02. The molecule has 7 heteroatoms. The van der Waals surface area contributed by atoms with E-state index in [-0.39, 0.29) is 0 Å². The Morgan fingerprint density at radius 2 is 2.05 bits per heavy atom. The first-order valence-corrected chi connectivity index (χ1v) is 6.26. The van der Waals surface area contributed by atoms with Crippen molar-refractivity contribution >= 4 is 17.1 Å². The first-order valence-electron chi connectivity index (χ1n) is 6.26. The fraction of sp³-hybridized carbons (Fsp3) is 0.417. The van der Waals surface area contributed by atoms with Crippen molar-refractivity contribution in [3.63, 3.8) is 0 Å². The average Bonchev–Trinajstić information content (AvgIpc) is 3.00. The fourth-order valence-corrected chi connectivity index (χ4v) is 2.36. The summed E-state index contributed by atoms with van der Waals surface area (Å²) in [4.78, 5) is 4.43. The first kappa shape index (κ1) is 11.8. The molecule has 2 N–H and O–H groups in total. The van der Waals surface area contributed by atoms with Crippen LogP contribution in [0.25, 0.3) is 11.2 Å². The summed E-state index contributed by atoms with van der Waals surface area (Å²) in [7, 11) is 3.81. The quantitative estimate of drug-likeness (QED) is 0.750. The number of aryl methyl sites for hydroxylation is 3. The lowest BCUT2D eigenvalue weighted by Gasteiger charge is -2.04. The van der Waals surface area contributed by atoms with Gasteiger partial charge in [0.05, 0.1) is 17.9 Å². The van der Waals surface area contributed by atoms with E-state index in [9.17, 15) is 0 Å². The van der Waals surface area contributed by atoms with Crippen molar-refractivity contribution < 1.29 is 0 Å². The predicted octanol–water partition coefficient (Wildman–Crippen LogP) is 0.696. The second-order valence-corrected chi connectivity index (χ2v) is 4.63. The molecule has 0 unspecified atom stereocenters. The van der Waals surface area contributed by atoms with E-state index in [1.165, 1.54) is 0 Å². The molecule has 0 bridgehead atoms. The van der Waals surface area contributed by atoms with E-state index in [2.05, 4.69) is 22.1 Å². The molecule has 0 fully saturated rings. The van der Waals surface area contributed by atoms with E-state index in [1.54, 1.807) is 4.68 Å². The summed E-state index contributed by atoms with van der Waals surface area (Å²) in [6, 6.07) is 1.97. The molecule has 0 saturated carbocycles. The third-order valence-electron chi connectivity index (χ3n) is 3.24. The topological polar surface area (TPSA) is 79.5 Å². The van der Waals surface area contributed by atoms with Crippen molar-refractivity contribution in [2.45, 2.75) is 19.9 Å². The number of aromatic nitrogens is 6. The van der Waals surface area contributed by atoms with Crippen LogP contribution in [0.3, 0.4) is 0 Å². The summed E-state index contributed by atoms with van der Waals surface area (Å²) < 4.78 is 5.56. The molecule has 3 aromatic rings. The summed E-state index contributed by atoms with van der Waals surface area (Å²) in [6.07, 6.45) is 2.76. The number of nitrogens with two attached hydrogens (primary N) is 1. The van der Waals surface area contributed by atoms with Crippen molar-refractivity contribution in [1.29, 1.82) is 0 Å². The molecule has 0 radical (unpaired) electrons. The maximum atomic E-state index is 6.02. The Hall–Kier alpha value is -2.31. The van der Waals surface area contributed by atoms with Crippen molar-refractivity contribution in [2.75, 3.05) is 5.73 Å². The van der Waals surface area contributed by atoms with Crippen LogP contribution in [0.4, 0.5) is 5.95 Å². The van der Waals surface area contributed by atoms with E-state index in [1.807, 2.05) is 35.6 Å². The number of hydrogen-bond acceptors (Lipinski definition) is 4. The smallest absolute Gasteiger partial charge is 0.202 e. The summed E-state index contributed by atoms with van der Waals surface area (Å²) >= 11 is 0. The zero-order chi connectivity index (χ0) is 13.6. The molecule has 7 nitrogen and oxygen atoms in total. The van der Waals surface area contributed by atoms with Gasteiger partial charge in [0.1, 0.15) is 5.52 Å². The number of fused-ring (bicyclic) bond motifs is 1. The minimum atomic E-state index is 0.503. The maximum Gasteiger partial charge on any atom is 0.202 e. The van der Waals surface area contributed by atoms with Gasteiger partial charge in [-0.1, -0.05) is 6.92 Å². The minimum Gasteiger partial charge on any atom is -0.369 e. The second kappa shape index (κ2) is 4.11. The average molecular weight is 259 g/mol. The number of nitrogen functional groups attached to an aromatic ring is 1. The molecule has 100 valence electrons. The van der Waals surface area contributed by atoms with Gasteiger partial charge in [0.15, 0.2) is 5.65 Å². The van der Waals surface area contributed by atoms with Gasteiger partial charge in [0, 0.05) is 20.3 Å². The van der Waals surface area contributed by atoms with Crippen LogP contribution in [0.2, 0.25) is 0 Å². The largest absolute Gasteiger partial charge is 0.369 e. The van der Waals surface area contributed by atoms with Crippen LogP contribution < -0.4 is 5.73 Å². The fourth-order valence-electron chi connectivity index (χ4n) is 2.36. The molecule has 0 aliphatic rings. The lowest BCUT2D eigenvalue weighted by Crippen LogP contribution is -2.08. The van der Waals surface area contributed by atoms with Gasteiger partial charge in [0.2, 0.25) is 5.95 Å². The second-order valence-electron chi connectivity index (χ2n) is 4.63. The Morgan fingerprint density at radius 3 is 2.68 bits per heavy atom. The molecular formula is C12H17N7. The van der Waals surface area contributed by atoms with Crippen LogP contribution >= 0.6 is 0 Å².